The van der Waals surface area contributed by atoms with Crippen LogP contribution in [0.5, 0.6) is 0 Å². The summed E-state index contributed by atoms with van der Waals surface area (Å²) in [7, 11) is 3.29. The van der Waals surface area contributed by atoms with Crippen LogP contribution >= 0.6 is 31.9 Å². The van der Waals surface area contributed by atoms with E-state index in [0.29, 0.717) is 12.8 Å². The highest BCUT2D eigenvalue weighted by molar-refractivity contribution is 9.09. The Bertz CT molecular complexity index is 612. The molecule has 0 bridgehead atoms. The van der Waals surface area contributed by atoms with Gasteiger partial charge in [0.1, 0.15) is 5.54 Å². The molecule has 1 spiro atoms. The van der Waals surface area contributed by atoms with Crippen LogP contribution in [0.1, 0.15) is 22.3 Å². The number of halogens is 2. The average molecular weight is 416 g/mol. The molecule has 0 saturated carbocycles. The van der Waals surface area contributed by atoms with Crippen LogP contribution in [0.2, 0.25) is 0 Å². The van der Waals surface area contributed by atoms with Gasteiger partial charge in [0.2, 0.25) is 0 Å². The first kappa shape index (κ1) is 15.0. The van der Waals surface area contributed by atoms with E-state index in [9.17, 15) is 9.59 Å². The summed E-state index contributed by atoms with van der Waals surface area (Å²) in [5, 5.41) is 1.58. The van der Waals surface area contributed by atoms with E-state index in [1.807, 2.05) is 0 Å². The number of fused-ring (bicyclic) bond motifs is 1. The Morgan fingerprint density at radius 2 is 1.52 bits per heavy atom. The lowest BCUT2D eigenvalue weighted by Gasteiger charge is -2.27. The van der Waals surface area contributed by atoms with E-state index in [0.717, 1.165) is 10.7 Å². The molecule has 2 aliphatic rings. The van der Waals surface area contributed by atoms with Crippen LogP contribution in [-0.4, -0.2) is 41.4 Å². The number of likely N-dealkylation sites (N-methyl/N-ethyl adjacent to an activating group) is 2. The molecular weight excluding hydrogens is 400 g/mol. The highest BCUT2D eigenvalue weighted by atomic mass is 79.9. The molecule has 112 valence electrons. The first-order valence-electron chi connectivity index (χ1n) is 6.76. The summed E-state index contributed by atoms with van der Waals surface area (Å²) in [6.07, 6.45) is 1.21. The molecule has 1 aromatic carbocycles. The van der Waals surface area contributed by atoms with Gasteiger partial charge in [-0.1, -0.05) is 44.0 Å². The second-order valence-electron chi connectivity index (χ2n) is 5.75. The van der Waals surface area contributed by atoms with Gasteiger partial charge in [-0.2, -0.15) is 0 Å². The molecule has 3 rings (SSSR count). The molecule has 0 aromatic heterocycles. The standard InChI is InChI=1S/C15H16Br2N2O2/c1-18-13(20)15(19(2)14(18)21)5-9-3-11(7-16)12(8-17)4-10(9)6-15/h3-4H,5-8H2,1-2H3. The predicted octanol–water partition coefficient (Wildman–Crippen LogP) is 2.84. The minimum atomic E-state index is -0.720. The summed E-state index contributed by atoms with van der Waals surface area (Å²) >= 11 is 7.03. The fourth-order valence-electron chi connectivity index (χ4n) is 3.40. The first-order valence-corrected chi connectivity index (χ1v) is 9.00. The Kier molecular flexibility index (Phi) is 3.64. The molecule has 0 unspecified atom stereocenters. The maximum atomic E-state index is 12.6. The van der Waals surface area contributed by atoms with Crippen LogP contribution in [0.25, 0.3) is 0 Å². The maximum Gasteiger partial charge on any atom is 0.327 e. The van der Waals surface area contributed by atoms with Gasteiger partial charge in [0.25, 0.3) is 5.91 Å². The van der Waals surface area contributed by atoms with Crippen molar-refractivity contribution in [1.29, 1.82) is 0 Å². The normalized spacial score (nSPS) is 19.8. The molecular formula is C15H16Br2N2O2. The summed E-state index contributed by atoms with van der Waals surface area (Å²) < 4.78 is 0. The van der Waals surface area contributed by atoms with Gasteiger partial charge in [0, 0.05) is 37.6 Å². The van der Waals surface area contributed by atoms with E-state index in [-0.39, 0.29) is 11.9 Å². The highest BCUT2D eigenvalue weighted by Gasteiger charge is 2.57. The Hall–Kier alpha value is -0.880. The number of urea groups is 1. The van der Waals surface area contributed by atoms with Crippen LogP contribution in [0.4, 0.5) is 4.79 Å². The predicted molar refractivity (Wildman–Crippen MR) is 87.8 cm³/mol. The number of nitrogens with zero attached hydrogens (tertiary/aromatic N) is 2. The molecule has 1 aliphatic heterocycles. The van der Waals surface area contributed by atoms with Gasteiger partial charge in [-0.15, -0.1) is 0 Å². The van der Waals surface area contributed by atoms with Gasteiger partial charge < -0.3 is 4.90 Å². The quantitative estimate of drug-likeness (QED) is 0.550. The van der Waals surface area contributed by atoms with E-state index >= 15 is 0 Å². The molecule has 4 nitrogen and oxygen atoms in total. The summed E-state index contributed by atoms with van der Waals surface area (Å²) in [5.41, 5.74) is 4.10. The lowest BCUT2D eigenvalue weighted by molar-refractivity contribution is -0.131. The molecule has 21 heavy (non-hydrogen) atoms. The largest absolute Gasteiger partial charge is 0.327 e. The van der Waals surface area contributed by atoms with Gasteiger partial charge in [-0.25, -0.2) is 4.79 Å². The van der Waals surface area contributed by atoms with Crippen molar-refractivity contribution < 1.29 is 9.59 Å². The van der Waals surface area contributed by atoms with Gasteiger partial charge >= 0.3 is 6.03 Å². The number of alkyl halides is 2. The Morgan fingerprint density at radius 3 is 1.86 bits per heavy atom. The zero-order chi connectivity index (χ0) is 15.4. The monoisotopic (exact) mass is 414 g/mol. The SMILES string of the molecule is CN1C(=O)N(C)C2(Cc3cc(CBr)c(CBr)cc3C2)C1=O. The van der Waals surface area contributed by atoms with Crippen molar-refractivity contribution in [3.63, 3.8) is 0 Å². The van der Waals surface area contributed by atoms with E-state index in [2.05, 4.69) is 44.0 Å². The van der Waals surface area contributed by atoms with Crippen LogP contribution in [-0.2, 0) is 28.3 Å². The molecule has 0 atom stereocenters. The van der Waals surface area contributed by atoms with E-state index in [1.165, 1.54) is 27.2 Å². The summed E-state index contributed by atoms with van der Waals surface area (Å²) in [4.78, 5) is 27.5. The molecule has 1 fully saturated rings. The molecule has 3 amide bonds. The Labute approximate surface area is 140 Å². The zero-order valence-electron chi connectivity index (χ0n) is 11.9. The minimum absolute atomic E-state index is 0.0908. The molecule has 1 aliphatic carbocycles. The van der Waals surface area contributed by atoms with Crippen LogP contribution in [0.3, 0.4) is 0 Å². The van der Waals surface area contributed by atoms with Crippen LogP contribution < -0.4 is 0 Å². The van der Waals surface area contributed by atoms with Gasteiger partial charge in [-0.05, 0) is 22.3 Å². The Balaban J connectivity index is 2.05. The van der Waals surface area contributed by atoms with Crippen molar-refractivity contribution in [3.05, 3.63) is 34.4 Å². The molecule has 1 saturated heterocycles. The lowest BCUT2D eigenvalue weighted by Crippen LogP contribution is -2.48. The van der Waals surface area contributed by atoms with Crippen LogP contribution in [0.15, 0.2) is 12.1 Å². The third kappa shape index (κ3) is 1.99. The third-order valence-corrected chi connectivity index (χ3v) is 5.90. The summed E-state index contributed by atoms with van der Waals surface area (Å²) in [6, 6.07) is 4.12. The number of imide groups is 1. The minimum Gasteiger partial charge on any atom is -0.312 e. The molecule has 0 N–H and O–H groups in total. The number of benzene rings is 1. The van der Waals surface area contributed by atoms with Crippen molar-refractivity contribution in [2.24, 2.45) is 0 Å². The summed E-state index contributed by atoms with van der Waals surface area (Å²) in [6.45, 7) is 0. The molecule has 0 radical (unpaired) electrons. The van der Waals surface area contributed by atoms with E-state index in [4.69, 9.17) is 0 Å². The topological polar surface area (TPSA) is 40.6 Å². The fraction of sp³-hybridized carbons (Fsp3) is 0.467. The second kappa shape index (κ2) is 5.09. The maximum absolute atomic E-state index is 12.6. The second-order valence-corrected chi connectivity index (χ2v) is 6.87. The van der Waals surface area contributed by atoms with Crippen molar-refractivity contribution in [2.45, 2.75) is 29.0 Å². The number of rotatable bonds is 2. The van der Waals surface area contributed by atoms with Crippen molar-refractivity contribution >= 4 is 43.8 Å². The highest BCUT2D eigenvalue weighted by Crippen LogP contribution is 2.40. The molecule has 6 heteroatoms. The lowest BCUT2D eigenvalue weighted by atomic mass is 9.94. The third-order valence-electron chi connectivity index (χ3n) is 4.69. The zero-order valence-corrected chi connectivity index (χ0v) is 15.1. The molecule has 1 aromatic rings. The van der Waals surface area contributed by atoms with Gasteiger partial charge in [0.15, 0.2) is 0 Å². The van der Waals surface area contributed by atoms with Crippen LogP contribution in [0, 0.1) is 0 Å². The number of hydrogen-bond donors (Lipinski definition) is 0. The fourth-order valence-corrected chi connectivity index (χ4v) is 4.44. The van der Waals surface area contributed by atoms with Gasteiger partial charge in [-0.3, -0.25) is 9.69 Å². The number of carbonyl (C=O) groups is 2. The van der Waals surface area contributed by atoms with E-state index < -0.39 is 5.54 Å². The molecule has 1 heterocycles. The Morgan fingerprint density at radius 1 is 1.05 bits per heavy atom. The summed E-state index contributed by atoms with van der Waals surface area (Å²) in [5.74, 6) is -0.0908. The smallest absolute Gasteiger partial charge is 0.312 e. The average Bonchev–Trinajstić information content (AvgIpc) is 2.95. The number of amides is 3. The number of carbonyl (C=O) groups excluding carboxylic acids is 2. The first-order chi connectivity index (χ1) is 9.94. The van der Waals surface area contributed by atoms with Crippen molar-refractivity contribution in [1.82, 2.24) is 9.80 Å². The van der Waals surface area contributed by atoms with Crippen molar-refractivity contribution in [2.75, 3.05) is 14.1 Å². The van der Waals surface area contributed by atoms with E-state index in [1.54, 1.807) is 19.0 Å². The van der Waals surface area contributed by atoms with Gasteiger partial charge in [0.05, 0.1) is 0 Å². The number of hydrogen-bond acceptors (Lipinski definition) is 2. The van der Waals surface area contributed by atoms with Crippen molar-refractivity contribution in [3.8, 4) is 0 Å².